The van der Waals surface area contributed by atoms with Gasteiger partial charge in [-0.1, -0.05) is 0 Å². The minimum Gasteiger partial charge on any atom is -0.381 e. The topological polar surface area (TPSA) is 41.6 Å². The van der Waals surface area contributed by atoms with Crippen molar-refractivity contribution in [3.8, 4) is 0 Å². The van der Waals surface area contributed by atoms with E-state index in [2.05, 4.69) is 23.7 Å². The lowest BCUT2D eigenvalue weighted by atomic mass is 9.99. The van der Waals surface area contributed by atoms with Crippen LogP contribution in [0.3, 0.4) is 0 Å². The summed E-state index contributed by atoms with van der Waals surface area (Å²) in [5.41, 5.74) is 1.25. The molecule has 0 aliphatic carbocycles. The molecule has 112 valence electrons. The zero-order chi connectivity index (χ0) is 14.4. The first kappa shape index (κ1) is 15.3. The van der Waals surface area contributed by atoms with Gasteiger partial charge in [-0.15, -0.1) is 11.3 Å². The molecule has 0 radical (unpaired) electrons. The molecule has 0 aromatic carbocycles. The van der Waals surface area contributed by atoms with Crippen molar-refractivity contribution >= 4 is 17.4 Å². The van der Waals surface area contributed by atoms with Crippen LogP contribution in [0.1, 0.15) is 30.2 Å². The van der Waals surface area contributed by atoms with Crippen LogP contribution in [0.4, 0.5) is 4.79 Å². The summed E-state index contributed by atoms with van der Waals surface area (Å²) in [6.07, 6.45) is 2.23. The predicted octanol–water partition coefficient (Wildman–Crippen LogP) is 3.01. The monoisotopic (exact) mass is 296 g/mol. The van der Waals surface area contributed by atoms with E-state index in [1.54, 1.807) is 11.3 Å². The molecule has 2 heterocycles. The van der Waals surface area contributed by atoms with E-state index in [1.165, 1.54) is 10.4 Å². The Kier molecular flexibility index (Phi) is 5.86. The summed E-state index contributed by atoms with van der Waals surface area (Å²) in [6, 6.07) is 2.14. The van der Waals surface area contributed by atoms with Crippen molar-refractivity contribution < 1.29 is 9.53 Å². The van der Waals surface area contributed by atoms with E-state index in [-0.39, 0.29) is 6.03 Å². The highest BCUT2D eigenvalue weighted by molar-refractivity contribution is 7.10. The van der Waals surface area contributed by atoms with Gasteiger partial charge in [0.05, 0.1) is 13.2 Å². The zero-order valence-corrected chi connectivity index (χ0v) is 13.2. The number of urea groups is 1. The van der Waals surface area contributed by atoms with E-state index in [9.17, 15) is 4.79 Å². The number of carbonyl (C=O) groups excluding carboxylic acids is 1. The molecule has 0 spiro atoms. The van der Waals surface area contributed by atoms with E-state index in [4.69, 9.17) is 4.74 Å². The molecule has 0 bridgehead atoms. The lowest BCUT2D eigenvalue weighted by Crippen LogP contribution is -2.46. The van der Waals surface area contributed by atoms with Crippen LogP contribution < -0.4 is 5.32 Å². The van der Waals surface area contributed by atoms with E-state index in [0.29, 0.717) is 12.5 Å². The van der Waals surface area contributed by atoms with Crippen LogP contribution in [0.15, 0.2) is 11.4 Å². The van der Waals surface area contributed by atoms with E-state index >= 15 is 0 Å². The lowest BCUT2D eigenvalue weighted by Gasteiger charge is -2.32. The van der Waals surface area contributed by atoms with Crippen LogP contribution in [0, 0.1) is 12.8 Å². The largest absolute Gasteiger partial charge is 0.381 e. The highest BCUT2D eigenvalue weighted by atomic mass is 32.1. The molecule has 1 saturated heterocycles. The average Bonchev–Trinajstić information content (AvgIpc) is 2.88. The maximum Gasteiger partial charge on any atom is 0.317 e. The Morgan fingerprint density at radius 2 is 2.45 bits per heavy atom. The fourth-order valence-corrected chi connectivity index (χ4v) is 3.37. The Bertz CT molecular complexity index is 433. The van der Waals surface area contributed by atoms with Crippen molar-refractivity contribution in [1.82, 2.24) is 10.2 Å². The maximum atomic E-state index is 12.2. The number of nitrogens with one attached hydrogen (secondary N) is 1. The van der Waals surface area contributed by atoms with Gasteiger partial charge >= 0.3 is 6.03 Å². The molecule has 20 heavy (non-hydrogen) atoms. The van der Waals surface area contributed by atoms with Crippen molar-refractivity contribution in [3.05, 3.63) is 21.9 Å². The molecule has 1 atom stereocenters. The summed E-state index contributed by atoms with van der Waals surface area (Å²) < 4.78 is 5.48. The SMILES string of the molecule is CCOC[C@@H]1CCCN(C(=O)NCc2sccc2C)C1. The summed E-state index contributed by atoms with van der Waals surface area (Å²) in [5, 5.41) is 5.09. The van der Waals surface area contributed by atoms with Crippen LogP contribution >= 0.6 is 11.3 Å². The standard InChI is InChI=1S/C15H24N2O2S/c1-3-19-11-13-5-4-7-17(10-13)15(18)16-9-14-12(2)6-8-20-14/h6,8,13H,3-5,7,9-11H2,1-2H3,(H,16,18)/t13-/m1/s1. The molecule has 1 fully saturated rings. The Morgan fingerprint density at radius 1 is 1.60 bits per heavy atom. The average molecular weight is 296 g/mol. The highest BCUT2D eigenvalue weighted by Crippen LogP contribution is 2.18. The van der Waals surface area contributed by atoms with Gasteiger partial charge in [-0.25, -0.2) is 4.79 Å². The number of rotatable bonds is 5. The number of likely N-dealkylation sites (tertiary alicyclic amines) is 1. The number of amides is 2. The van der Waals surface area contributed by atoms with Gasteiger partial charge < -0.3 is 15.0 Å². The van der Waals surface area contributed by atoms with E-state index in [0.717, 1.165) is 39.1 Å². The second kappa shape index (κ2) is 7.64. The summed E-state index contributed by atoms with van der Waals surface area (Å²) in [6.45, 7) is 7.92. The molecule has 1 aromatic heterocycles. The number of hydrogen-bond donors (Lipinski definition) is 1. The molecule has 0 saturated carbocycles. The van der Waals surface area contributed by atoms with E-state index in [1.807, 2.05) is 11.8 Å². The maximum absolute atomic E-state index is 12.2. The molecule has 5 heteroatoms. The van der Waals surface area contributed by atoms with Crippen molar-refractivity contribution in [2.45, 2.75) is 33.2 Å². The van der Waals surface area contributed by atoms with E-state index < -0.39 is 0 Å². The minimum atomic E-state index is 0.0546. The van der Waals surface area contributed by atoms with Gasteiger partial charge in [0, 0.05) is 30.5 Å². The quantitative estimate of drug-likeness (QED) is 0.907. The van der Waals surface area contributed by atoms with Crippen LogP contribution in [0.2, 0.25) is 0 Å². The molecule has 1 aromatic rings. The van der Waals surface area contributed by atoms with Crippen molar-refractivity contribution in [2.24, 2.45) is 5.92 Å². The van der Waals surface area contributed by atoms with Gasteiger partial charge in [-0.05, 0) is 43.7 Å². The van der Waals surface area contributed by atoms with Gasteiger partial charge in [0.15, 0.2) is 0 Å². The summed E-state index contributed by atoms with van der Waals surface area (Å²) in [7, 11) is 0. The molecule has 2 rings (SSSR count). The van der Waals surface area contributed by atoms with Gasteiger partial charge in [-0.2, -0.15) is 0 Å². The van der Waals surface area contributed by atoms with Gasteiger partial charge in [0.2, 0.25) is 0 Å². The number of thiophene rings is 1. The number of carbonyl (C=O) groups is 1. The number of nitrogens with zero attached hydrogens (tertiary/aromatic N) is 1. The first-order valence-corrected chi connectivity index (χ1v) is 8.22. The number of hydrogen-bond acceptors (Lipinski definition) is 3. The summed E-state index contributed by atoms with van der Waals surface area (Å²) in [4.78, 5) is 15.4. The van der Waals surface area contributed by atoms with Gasteiger partial charge in [0.25, 0.3) is 0 Å². The number of ether oxygens (including phenoxy) is 1. The van der Waals surface area contributed by atoms with Crippen LogP contribution in [0.5, 0.6) is 0 Å². The zero-order valence-electron chi connectivity index (χ0n) is 12.4. The number of piperidine rings is 1. The minimum absolute atomic E-state index is 0.0546. The Hall–Kier alpha value is -1.07. The molecule has 2 amide bonds. The first-order chi connectivity index (χ1) is 9.70. The molecular weight excluding hydrogens is 272 g/mol. The summed E-state index contributed by atoms with van der Waals surface area (Å²) >= 11 is 1.70. The molecule has 1 aliphatic heterocycles. The third-order valence-electron chi connectivity index (χ3n) is 3.73. The fourth-order valence-electron chi connectivity index (χ4n) is 2.52. The van der Waals surface area contributed by atoms with Crippen molar-refractivity contribution in [3.63, 3.8) is 0 Å². The second-order valence-electron chi connectivity index (χ2n) is 5.30. The lowest BCUT2D eigenvalue weighted by molar-refractivity contribution is 0.0756. The second-order valence-corrected chi connectivity index (χ2v) is 6.30. The summed E-state index contributed by atoms with van der Waals surface area (Å²) in [5.74, 6) is 0.484. The predicted molar refractivity (Wildman–Crippen MR) is 82.1 cm³/mol. The van der Waals surface area contributed by atoms with Crippen LogP contribution in [-0.4, -0.2) is 37.2 Å². The van der Waals surface area contributed by atoms with Crippen molar-refractivity contribution in [1.29, 1.82) is 0 Å². The van der Waals surface area contributed by atoms with Crippen molar-refractivity contribution in [2.75, 3.05) is 26.3 Å². The number of aryl methyl sites for hydroxylation is 1. The van der Waals surface area contributed by atoms with Gasteiger partial charge in [-0.3, -0.25) is 0 Å². The molecule has 1 N–H and O–H groups in total. The third-order valence-corrected chi connectivity index (χ3v) is 4.76. The smallest absolute Gasteiger partial charge is 0.317 e. The molecule has 1 aliphatic rings. The normalized spacial score (nSPS) is 19.1. The fraction of sp³-hybridized carbons (Fsp3) is 0.667. The van der Waals surface area contributed by atoms with Crippen LogP contribution in [-0.2, 0) is 11.3 Å². The Labute approximate surface area is 125 Å². The third kappa shape index (κ3) is 4.21. The van der Waals surface area contributed by atoms with Gasteiger partial charge in [0.1, 0.15) is 0 Å². The Balaban J connectivity index is 1.78. The molecule has 4 nitrogen and oxygen atoms in total. The molecule has 0 unspecified atom stereocenters. The highest BCUT2D eigenvalue weighted by Gasteiger charge is 2.23. The van der Waals surface area contributed by atoms with Crippen LogP contribution in [0.25, 0.3) is 0 Å². The first-order valence-electron chi connectivity index (χ1n) is 7.34. The Morgan fingerprint density at radius 3 is 3.15 bits per heavy atom. The molecular formula is C15H24N2O2S.